The van der Waals surface area contributed by atoms with Gasteiger partial charge in [-0.2, -0.15) is 0 Å². The molecule has 0 unspecified atom stereocenters. The molecule has 22 heavy (non-hydrogen) atoms. The van der Waals surface area contributed by atoms with Crippen molar-refractivity contribution in [1.29, 1.82) is 0 Å². The first-order valence-corrected chi connectivity index (χ1v) is 7.94. The highest BCUT2D eigenvalue weighted by molar-refractivity contribution is 7.10. The van der Waals surface area contributed by atoms with Crippen LogP contribution in [0.25, 0.3) is 0 Å². The van der Waals surface area contributed by atoms with Crippen LogP contribution in [-0.4, -0.2) is 60.5 Å². The van der Waals surface area contributed by atoms with Crippen molar-refractivity contribution in [2.45, 2.75) is 12.5 Å². The van der Waals surface area contributed by atoms with Crippen LogP contribution in [0.15, 0.2) is 17.5 Å². The maximum atomic E-state index is 12.6. The van der Waals surface area contributed by atoms with E-state index in [-0.39, 0.29) is 18.4 Å². The third-order valence-corrected chi connectivity index (χ3v) is 5.04. The third-order valence-electron chi connectivity index (χ3n) is 3.95. The van der Waals surface area contributed by atoms with Gasteiger partial charge in [-0.3, -0.25) is 14.5 Å². The highest BCUT2D eigenvalue weighted by Crippen LogP contribution is 2.31. The molecule has 7 nitrogen and oxygen atoms in total. The van der Waals surface area contributed by atoms with E-state index in [1.165, 1.54) is 11.3 Å². The lowest BCUT2D eigenvalue weighted by Crippen LogP contribution is -2.47. The number of hydrogen-bond donors (Lipinski definition) is 1. The second-order valence-electron chi connectivity index (χ2n) is 5.42. The zero-order valence-electron chi connectivity index (χ0n) is 12.2. The molecule has 8 heteroatoms. The number of nitrogens with one attached hydrogen (secondary N) is 1. The number of morpholine rings is 1. The van der Waals surface area contributed by atoms with E-state index in [9.17, 15) is 14.4 Å². The van der Waals surface area contributed by atoms with Gasteiger partial charge in [0, 0.05) is 18.0 Å². The fraction of sp³-hybridized carbons (Fsp3) is 0.500. The monoisotopic (exact) mass is 323 g/mol. The van der Waals surface area contributed by atoms with Crippen molar-refractivity contribution in [3.05, 3.63) is 22.4 Å². The molecule has 1 atom stereocenters. The summed E-state index contributed by atoms with van der Waals surface area (Å²) in [5.74, 6) is -0.621. The summed E-state index contributed by atoms with van der Waals surface area (Å²) >= 11 is 1.40. The van der Waals surface area contributed by atoms with E-state index in [1.54, 1.807) is 17.9 Å². The van der Waals surface area contributed by atoms with Gasteiger partial charge >= 0.3 is 6.03 Å². The van der Waals surface area contributed by atoms with Gasteiger partial charge in [0.05, 0.1) is 13.2 Å². The van der Waals surface area contributed by atoms with Crippen LogP contribution in [0, 0.1) is 0 Å². The molecule has 2 fully saturated rings. The van der Waals surface area contributed by atoms with Crippen LogP contribution < -0.4 is 5.32 Å². The highest BCUT2D eigenvalue weighted by Gasteiger charge is 2.50. The summed E-state index contributed by atoms with van der Waals surface area (Å²) in [6, 6.07) is 3.10. The van der Waals surface area contributed by atoms with Gasteiger partial charge in [0.15, 0.2) is 5.54 Å². The molecule has 3 heterocycles. The average molecular weight is 323 g/mol. The predicted octanol–water partition coefficient (Wildman–Crippen LogP) is 0.374. The smallest absolute Gasteiger partial charge is 0.325 e. The van der Waals surface area contributed by atoms with E-state index in [2.05, 4.69) is 5.32 Å². The van der Waals surface area contributed by atoms with Gasteiger partial charge in [0.25, 0.3) is 5.91 Å². The second kappa shape index (κ2) is 5.69. The minimum absolute atomic E-state index is 0.231. The minimum atomic E-state index is -1.09. The SMILES string of the molecule is C[C@]1(c2cccs2)NC(=O)N(CC(=O)N2CCOCC2)C1=O. The summed E-state index contributed by atoms with van der Waals surface area (Å²) < 4.78 is 5.19. The fourth-order valence-electron chi connectivity index (χ4n) is 2.62. The number of rotatable bonds is 3. The summed E-state index contributed by atoms with van der Waals surface area (Å²) in [7, 11) is 0. The molecule has 0 aromatic carbocycles. The van der Waals surface area contributed by atoms with Gasteiger partial charge in [0.2, 0.25) is 5.91 Å². The van der Waals surface area contributed by atoms with Crippen molar-refractivity contribution in [2.75, 3.05) is 32.8 Å². The first-order valence-electron chi connectivity index (χ1n) is 7.06. The lowest BCUT2D eigenvalue weighted by molar-refractivity contribution is -0.141. The topological polar surface area (TPSA) is 79.0 Å². The molecule has 0 aliphatic carbocycles. The van der Waals surface area contributed by atoms with Gasteiger partial charge in [0.1, 0.15) is 6.54 Å². The van der Waals surface area contributed by atoms with Gasteiger partial charge in [-0.15, -0.1) is 11.3 Å². The fourth-order valence-corrected chi connectivity index (χ4v) is 3.45. The number of thiophene rings is 1. The quantitative estimate of drug-likeness (QED) is 0.816. The Morgan fingerprint density at radius 3 is 2.77 bits per heavy atom. The summed E-state index contributed by atoms with van der Waals surface area (Å²) in [6.07, 6.45) is 0. The van der Waals surface area contributed by atoms with E-state index in [1.807, 2.05) is 11.4 Å². The molecule has 118 valence electrons. The van der Waals surface area contributed by atoms with Crippen LogP contribution in [0.1, 0.15) is 11.8 Å². The molecule has 1 aromatic heterocycles. The Balaban J connectivity index is 1.73. The molecule has 2 aliphatic rings. The molecule has 2 aliphatic heterocycles. The van der Waals surface area contributed by atoms with E-state index in [0.717, 1.165) is 9.78 Å². The second-order valence-corrected chi connectivity index (χ2v) is 6.36. The number of ether oxygens (including phenoxy) is 1. The third kappa shape index (κ3) is 2.48. The van der Waals surface area contributed by atoms with Crippen molar-refractivity contribution in [3.63, 3.8) is 0 Å². The van der Waals surface area contributed by atoms with Gasteiger partial charge in [-0.1, -0.05) is 6.07 Å². The van der Waals surface area contributed by atoms with Crippen LogP contribution in [0.3, 0.4) is 0 Å². The highest BCUT2D eigenvalue weighted by atomic mass is 32.1. The molecule has 4 amide bonds. The first-order chi connectivity index (χ1) is 10.5. The number of hydrogen-bond acceptors (Lipinski definition) is 5. The standard InChI is InChI=1S/C14H17N3O4S/c1-14(10-3-2-8-22-10)12(19)17(13(20)15-14)9-11(18)16-4-6-21-7-5-16/h2-3,8H,4-7,9H2,1H3,(H,15,20)/t14-/m1/s1. The zero-order chi connectivity index (χ0) is 15.7. The number of urea groups is 1. The summed E-state index contributed by atoms with van der Waals surface area (Å²) in [5.41, 5.74) is -1.09. The Morgan fingerprint density at radius 1 is 1.41 bits per heavy atom. The Labute approximate surface area is 131 Å². The van der Waals surface area contributed by atoms with Gasteiger partial charge in [-0.05, 0) is 18.4 Å². The first kappa shape index (κ1) is 15.0. The number of imide groups is 1. The maximum Gasteiger partial charge on any atom is 0.325 e. The normalized spacial score (nSPS) is 25.5. The van der Waals surface area contributed by atoms with Crippen molar-refractivity contribution in [1.82, 2.24) is 15.1 Å². The van der Waals surface area contributed by atoms with Crippen LogP contribution >= 0.6 is 11.3 Å². The molecular weight excluding hydrogens is 306 g/mol. The summed E-state index contributed by atoms with van der Waals surface area (Å²) in [6.45, 7) is 3.39. The van der Waals surface area contributed by atoms with E-state index < -0.39 is 11.6 Å². The van der Waals surface area contributed by atoms with Crippen LogP contribution in [0.4, 0.5) is 4.79 Å². The van der Waals surface area contributed by atoms with E-state index >= 15 is 0 Å². The Hall–Kier alpha value is -1.93. The summed E-state index contributed by atoms with van der Waals surface area (Å²) in [4.78, 5) is 40.3. The van der Waals surface area contributed by atoms with Gasteiger partial charge < -0.3 is 15.0 Å². The Kier molecular flexibility index (Phi) is 3.88. The van der Waals surface area contributed by atoms with Crippen LogP contribution in [0.5, 0.6) is 0 Å². The molecule has 1 aromatic rings. The zero-order valence-corrected chi connectivity index (χ0v) is 13.0. The number of carbonyl (C=O) groups is 3. The summed E-state index contributed by atoms with van der Waals surface area (Å²) in [5, 5.41) is 4.54. The molecule has 0 radical (unpaired) electrons. The maximum absolute atomic E-state index is 12.6. The molecule has 3 rings (SSSR count). The van der Waals surface area contributed by atoms with Crippen molar-refractivity contribution in [2.24, 2.45) is 0 Å². The Bertz CT molecular complexity index is 597. The number of amides is 4. The van der Waals surface area contributed by atoms with E-state index in [0.29, 0.717) is 26.3 Å². The van der Waals surface area contributed by atoms with Crippen LogP contribution in [0.2, 0.25) is 0 Å². The number of nitrogens with zero attached hydrogens (tertiary/aromatic N) is 2. The van der Waals surface area contributed by atoms with Crippen molar-refractivity contribution >= 4 is 29.2 Å². The lowest BCUT2D eigenvalue weighted by Gasteiger charge is -2.28. The molecular formula is C14H17N3O4S. The lowest BCUT2D eigenvalue weighted by atomic mass is 10.0. The molecule has 2 saturated heterocycles. The molecule has 0 bridgehead atoms. The molecule has 1 N–H and O–H groups in total. The van der Waals surface area contributed by atoms with Crippen LogP contribution in [-0.2, 0) is 19.9 Å². The molecule has 0 saturated carbocycles. The minimum Gasteiger partial charge on any atom is -0.378 e. The molecule has 0 spiro atoms. The van der Waals surface area contributed by atoms with Crippen molar-refractivity contribution in [3.8, 4) is 0 Å². The van der Waals surface area contributed by atoms with E-state index in [4.69, 9.17) is 4.74 Å². The number of carbonyl (C=O) groups excluding carboxylic acids is 3. The van der Waals surface area contributed by atoms with Crippen molar-refractivity contribution < 1.29 is 19.1 Å². The average Bonchev–Trinajstić information content (AvgIpc) is 3.13. The largest absolute Gasteiger partial charge is 0.378 e. The predicted molar refractivity (Wildman–Crippen MR) is 79.3 cm³/mol. The Morgan fingerprint density at radius 2 is 2.14 bits per heavy atom. The van der Waals surface area contributed by atoms with Gasteiger partial charge in [-0.25, -0.2) is 4.79 Å².